The molecule has 0 radical (unpaired) electrons. The lowest BCUT2D eigenvalue weighted by Crippen LogP contribution is -2.17. The van der Waals surface area contributed by atoms with Crippen LogP contribution < -0.4 is 5.56 Å². The molecule has 25 heavy (non-hydrogen) atoms. The SMILES string of the molecule is O=c1cc(-c2nnc(C(F)F)o2)ccn1CC#Cc1ccccc1F. The van der Waals surface area contributed by atoms with E-state index in [1.807, 2.05) is 0 Å². The number of aromatic nitrogens is 3. The molecule has 0 atom stereocenters. The van der Waals surface area contributed by atoms with Crippen LogP contribution in [0.25, 0.3) is 11.5 Å². The molecule has 3 rings (SSSR count). The van der Waals surface area contributed by atoms with Gasteiger partial charge in [-0.05, 0) is 18.2 Å². The molecule has 126 valence electrons. The standard InChI is InChI=1S/C17H10F3N3O2/c18-13-6-2-1-4-11(13)5-3-8-23-9-7-12(10-14(23)24)16-21-22-17(25-16)15(19)20/h1-2,4,6-7,9-10,15H,8H2. The van der Waals surface area contributed by atoms with Crippen LogP contribution in [0.5, 0.6) is 0 Å². The van der Waals surface area contributed by atoms with E-state index < -0.39 is 23.7 Å². The number of pyridine rings is 1. The molecule has 0 N–H and O–H groups in total. The molecule has 0 saturated carbocycles. The van der Waals surface area contributed by atoms with E-state index in [1.165, 1.54) is 35.0 Å². The molecule has 1 aromatic carbocycles. The molecule has 5 nitrogen and oxygen atoms in total. The van der Waals surface area contributed by atoms with Crippen LogP contribution in [0.1, 0.15) is 17.9 Å². The van der Waals surface area contributed by atoms with E-state index in [0.717, 1.165) is 0 Å². The zero-order valence-corrected chi connectivity index (χ0v) is 12.6. The van der Waals surface area contributed by atoms with Crippen molar-refractivity contribution in [2.24, 2.45) is 0 Å². The van der Waals surface area contributed by atoms with E-state index in [9.17, 15) is 18.0 Å². The van der Waals surface area contributed by atoms with Gasteiger partial charge >= 0.3 is 6.43 Å². The normalized spacial score (nSPS) is 10.6. The molecule has 0 aliphatic heterocycles. The van der Waals surface area contributed by atoms with E-state index in [1.54, 1.807) is 12.1 Å². The van der Waals surface area contributed by atoms with Gasteiger partial charge in [0.25, 0.3) is 11.4 Å². The largest absolute Gasteiger partial charge is 0.415 e. The average Bonchev–Trinajstić information content (AvgIpc) is 3.08. The third kappa shape index (κ3) is 3.77. The third-order valence-electron chi connectivity index (χ3n) is 3.22. The molecule has 0 unspecified atom stereocenters. The van der Waals surface area contributed by atoms with Crippen LogP contribution in [-0.2, 0) is 6.54 Å². The second-order valence-corrected chi connectivity index (χ2v) is 4.91. The first-order valence-electron chi connectivity index (χ1n) is 7.10. The zero-order chi connectivity index (χ0) is 17.8. The van der Waals surface area contributed by atoms with Gasteiger partial charge in [-0.15, -0.1) is 10.2 Å². The summed E-state index contributed by atoms with van der Waals surface area (Å²) in [5, 5.41) is 6.68. The van der Waals surface area contributed by atoms with Crippen molar-refractivity contribution in [3.8, 4) is 23.3 Å². The lowest BCUT2D eigenvalue weighted by Gasteiger charge is -2.01. The van der Waals surface area contributed by atoms with Gasteiger partial charge in [0.05, 0.1) is 12.1 Å². The highest BCUT2D eigenvalue weighted by atomic mass is 19.3. The summed E-state index contributed by atoms with van der Waals surface area (Å²) in [5.74, 6) is 3.92. The number of nitrogens with zero attached hydrogens (tertiary/aromatic N) is 3. The Kier molecular flexibility index (Phi) is 4.66. The van der Waals surface area contributed by atoms with Crippen molar-refractivity contribution in [1.82, 2.24) is 14.8 Å². The quantitative estimate of drug-likeness (QED) is 0.685. The van der Waals surface area contributed by atoms with Crippen LogP contribution in [0.3, 0.4) is 0 Å². The average molecular weight is 345 g/mol. The molecule has 0 aliphatic rings. The Balaban J connectivity index is 1.79. The lowest BCUT2D eigenvalue weighted by atomic mass is 10.2. The number of benzene rings is 1. The third-order valence-corrected chi connectivity index (χ3v) is 3.22. The fraction of sp³-hybridized carbons (Fsp3) is 0.118. The van der Waals surface area contributed by atoms with Crippen molar-refractivity contribution in [2.45, 2.75) is 13.0 Å². The molecular formula is C17H10F3N3O2. The van der Waals surface area contributed by atoms with Crippen LogP contribution in [0, 0.1) is 17.7 Å². The highest BCUT2D eigenvalue weighted by Gasteiger charge is 2.17. The van der Waals surface area contributed by atoms with E-state index in [4.69, 9.17) is 4.42 Å². The Bertz CT molecular complexity index is 1020. The summed E-state index contributed by atoms with van der Waals surface area (Å²) in [6.07, 6.45) is -1.46. The van der Waals surface area contributed by atoms with Gasteiger partial charge in [0, 0.05) is 17.8 Å². The molecule has 0 bridgehead atoms. The fourth-order valence-electron chi connectivity index (χ4n) is 1.99. The highest BCUT2D eigenvalue weighted by Crippen LogP contribution is 2.21. The van der Waals surface area contributed by atoms with Gasteiger partial charge in [0.15, 0.2) is 0 Å². The minimum atomic E-state index is -2.88. The van der Waals surface area contributed by atoms with Crippen LogP contribution in [-0.4, -0.2) is 14.8 Å². The summed E-state index contributed by atoms with van der Waals surface area (Å²) < 4.78 is 44.4. The minimum absolute atomic E-state index is 0.0412. The molecule has 3 aromatic rings. The summed E-state index contributed by atoms with van der Waals surface area (Å²) in [7, 11) is 0. The number of hydrogen-bond acceptors (Lipinski definition) is 4. The summed E-state index contributed by atoms with van der Waals surface area (Å²) in [5.41, 5.74) is 0.0254. The van der Waals surface area contributed by atoms with Crippen molar-refractivity contribution < 1.29 is 17.6 Å². The maximum atomic E-state index is 13.4. The second kappa shape index (κ2) is 7.05. The minimum Gasteiger partial charge on any atom is -0.415 e. The number of halogens is 3. The maximum Gasteiger partial charge on any atom is 0.314 e. The molecule has 2 aromatic heterocycles. The smallest absolute Gasteiger partial charge is 0.314 e. The Labute approximate surface area is 139 Å². The van der Waals surface area contributed by atoms with Gasteiger partial charge in [-0.2, -0.15) is 8.78 Å². The Morgan fingerprint density at radius 1 is 1.20 bits per heavy atom. The van der Waals surface area contributed by atoms with E-state index in [2.05, 4.69) is 22.0 Å². The molecule has 8 heteroatoms. The van der Waals surface area contributed by atoms with E-state index >= 15 is 0 Å². The van der Waals surface area contributed by atoms with Gasteiger partial charge < -0.3 is 8.98 Å². The molecule has 2 heterocycles. The molecule has 0 fully saturated rings. The van der Waals surface area contributed by atoms with Gasteiger partial charge in [-0.25, -0.2) is 4.39 Å². The van der Waals surface area contributed by atoms with Crippen molar-refractivity contribution in [3.05, 3.63) is 70.2 Å². The summed E-state index contributed by atoms with van der Waals surface area (Å²) in [4.78, 5) is 12.0. The van der Waals surface area contributed by atoms with Crippen molar-refractivity contribution >= 4 is 0 Å². The van der Waals surface area contributed by atoms with Crippen LogP contribution in [0.15, 0.2) is 51.8 Å². The number of rotatable bonds is 3. The van der Waals surface area contributed by atoms with E-state index in [0.29, 0.717) is 0 Å². The van der Waals surface area contributed by atoms with E-state index in [-0.39, 0.29) is 23.6 Å². The Morgan fingerprint density at radius 2 is 2.00 bits per heavy atom. The molecule has 0 saturated heterocycles. The maximum absolute atomic E-state index is 13.4. The Hall–Kier alpha value is -3.34. The van der Waals surface area contributed by atoms with Gasteiger partial charge in [-0.3, -0.25) is 4.79 Å². The summed E-state index contributed by atoms with van der Waals surface area (Å²) >= 11 is 0. The Morgan fingerprint density at radius 3 is 2.68 bits per heavy atom. The number of hydrogen-bond donors (Lipinski definition) is 0. The second-order valence-electron chi connectivity index (χ2n) is 4.91. The van der Waals surface area contributed by atoms with Crippen LogP contribution in [0.2, 0.25) is 0 Å². The highest BCUT2D eigenvalue weighted by molar-refractivity contribution is 5.51. The zero-order valence-electron chi connectivity index (χ0n) is 12.6. The van der Waals surface area contributed by atoms with Crippen LogP contribution >= 0.6 is 0 Å². The predicted molar refractivity (Wildman–Crippen MR) is 82.2 cm³/mol. The molecule has 0 aliphatic carbocycles. The topological polar surface area (TPSA) is 60.9 Å². The van der Waals surface area contributed by atoms with Crippen molar-refractivity contribution in [2.75, 3.05) is 0 Å². The predicted octanol–water partition coefficient (Wildman–Crippen LogP) is 3.03. The lowest BCUT2D eigenvalue weighted by molar-refractivity contribution is 0.116. The molecule has 0 spiro atoms. The number of alkyl halides is 2. The monoisotopic (exact) mass is 345 g/mol. The van der Waals surface area contributed by atoms with Crippen LogP contribution in [0.4, 0.5) is 13.2 Å². The van der Waals surface area contributed by atoms with Gasteiger partial charge in [0.2, 0.25) is 5.89 Å². The molecular weight excluding hydrogens is 335 g/mol. The first-order valence-corrected chi connectivity index (χ1v) is 7.10. The van der Waals surface area contributed by atoms with Crippen molar-refractivity contribution in [1.29, 1.82) is 0 Å². The first kappa shape index (κ1) is 16.5. The molecule has 0 amide bonds. The van der Waals surface area contributed by atoms with Gasteiger partial charge in [-0.1, -0.05) is 24.0 Å². The fourth-order valence-corrected chi connectivity index (χ4v) is 1.99. The first-order chi connectivity index (χ1) is 12.0. The summed E-state index contributed by atoms with van der Waals surface area (Å²) in [6.45, 7) is 0.0412. The summed E-state index contributed by atoms with van der Waals surface area (Å²) in [6, 6.07) is 8.68. The van der Waals surface area contributed by atoms with Crippen molar-refractivity contribution in [3.63, 3.8) is 0 Å². The van der Waals surface area contributed by atoms with Gasteiger partial charge in [0.1, 0.15) is 5.82 Å².